The van der Waals surface area contributed by atoms with Gasteiger partial charge in [0.15, 0.2) is 16.7 Å². The summed E-state index contributed by atoms with van der Waals surface area (Å²) in [6.07, 6.45) is 1.41. The summed E-state index contributed by atoms with van der Waals surface area (Å²) in [5, 5.41) is 10.9. The SMILES string of the molecule is Cc1cc(NC(=O)c2oc3c(c2C)/C(=N\NC(N)=S)CC(C)(C)C3)no1. The van der Waals surface area contributed by atoms with Gasteiger partial charge in [-0.15, -0.1) is 0 Å². The van der Waals surface area contributed by atoms with Gasteiger partial charge in [-0.05, 0) is 37.9 Å². The van der Waals surface area contributed by atoms with Crippen LogP contribution in [0.25, 0.3) is 0 Å². The number of nitrogens with two attached hydrogens (primary N) is 1. The first-order valence-electron chi connectivity index (χ1n) is 8.15. The molecule has 2 heterocycles. The summed E-state index contributed by atoms with van der Waals surface area (Å²) >= 11 is 4.83. The largest absolute Gasteiger partial charge is 0.455 e. The molecule has 2 aromatic heterocycles. The molecule has 8 nitrogen and oxygen atoms in total. The van der Waals surface area contributed by atoms with Gasteiger partial charge < -0.3 is 20.0 Å². The van der Waals surface area contributed by atoms with Gasteiger partial charge in [-0.3, -0.25) is 10.2 Å². The zero-order valence-corrected chi connectivity index (χ0v) is 15.9. The number of carbonyl (C=O) groups excluding carboxylic acids is 1. The second-order valence-electron chi connectivity index (χ2n) is 7.18. The molecule has 0 saturated heterocycles. The fourth-order valence-corrected chi connectivity index (χ4v) is 3.19. The van der Waals surface area contributed by atoms with E-state index in [0.717, 1.165) is 22.6 Å². The number of aromatic nitrogens is 1. The molecule has 1 amide bonds. The lowest BCUT2D eigenvalue weighted by atomic mass is 9.75. The van der Waals surface area contributed by atoms with Crippen molar-refractivity contribution in [3.63, 3.8) is 0 Å². The predicted molar refractivity (Wildman–Crippen MR) is 101 cm³/mol. The number of amides is 1. The monoisotopic (exact) mass is 375 g/mol. The van der Waals surface area contributed by atoms with Crippen molar-refractivity contribution in [2.24, 2.45) is 16.3 Å². The molecule has 0 aliphatic heterocycles. The van der Waals surface area contributed by atoms with E-state index in [9.17, 15) is 4.79 Å². The first-order valence-corrected chi connectivity index (χ1v) is 8.56. The summed E-state index contributed by atoms with van der Waals surface area (Å²) in [6.45, 7) is 7.81. The van der Waals surface area contributed by atoms with E-state index in [-0.39, 0.29) is 22.2 Å². The number of rotatable bonds is 3. The normalized spacial score (nSPS) is 17.0. The third kappa shape index (κ3) is 3.62. The first-order chi connectivity index (χ1) is 12.2. The standard InChI is InChI=1S/C17H21N5O3S/c1-8-5-12(22-25-8)19-15(23)14-9(2)13-10(20-21-16(18)26)6-17(3,4)7-11(13)24-14/h5H,6-7H2,1-4H3,(H3,18,21,26)(H,19,22,23)/b20-10-. The van der Waals surface area contributed by atoms with Gasteiger partial charge in [0.05, 0.1) is 5.71 Å². The van der Waals surface area contributed by atoms with E-state index in [1.54, 1.807) is 13.0 Å². The van der Waals surface area contributed by atoms with E-state index in [1.807, 2.05) is 6.92 Å². The average molecular weight is 375 g/mol. The highest BCUT2D eigenvalue weighted by molar-refractivity contribution is 7.80. The number of nitrogens with one attached hydrogen (secondary N) is 2. The second-order valence-corrected chi connectivity index (χ2v) is 7.62. The molecule has 138 valence electrons. The Hall–Kier alpha value is -2.68. The summed E-state index contributed by atoms with van der Waals surface area (Å²) in [5.41, 5.74) is 10.4. The topological polar surface area (TPSA) is 119 Å². The minimum atomic E-state index is -0.385. The number of anilines is 1. The van der Waals surface area contributed by atoms with Crippen molar-refractivity contribution in [1.29, 1.82) is 0 Å². The minimum Gasteiger partial charge on any atom is -0.455 e. The van der Waals surface area contributed by atoms with Crippen LogP contribution in [0.1, 0.15) is 53.5 Å². The van der Waals surface area contributed by atoms with E-state index >= 15 is 0 Å². The van der Waals surface area contributed by atoms with Crippen LogP contribution >= 0.6 is 12.2 Å². The maximum absolute atomic E-state index is 12.6. The molecular weight excluding hydrogens is 354 g/mol. The molecule has 0 spiro atoms. The van der Waals surface area contributed by atoms with Crippen molar-refractivity contribution in [3.8, 4) is 0 Å². The number of carbonyl (C=O) groups is 1. The van der Waals surface area contributed by atoms with Crippen LogP contribution in [0.15, 0.2) is 20.1 Å². The van der Waals surface area contributed by atoms with Gasteiger partial charge in [0.25, 0.3) is 5.91 Å². The Bertz CT molecular complexity index is 910. The minimum absolute atomic E-state index is 0.0645. The number of aryl methyl sites for hydroxylation is 1. The van der Waals surface area contributed by atoms with Crippen molar-refractivity contribution in [2.75, 3.05) is 5.32 Å². The Morgan fingerprint density at radius 2 is 2.12 bits per heavy atom. The van der Waals surface area contributed by atoms with Crippen LogP contribution in [0.3, 0.4) is 0 Å². The highest BCUT2D eigenvalue weighted by atomic mass is 32.1. The van der Waals surface area contributed by atoms with E-state index in [4.69, 9.17) is 26.9 Å². The van der Waals surface area contributed by atoms with Crippen molar-refractivity contribution >= 4 is 34.8 Å². The number of hydrazone groups is 1. The summed E-state index contributed by atoms with van der Waals surface area (Å²) in [7, 11) is 0. The summed E-state index contributed by atoms with van der Waals surface area (Å²) in [4.78, 5) is 12.6. The van der Waals surface area contributed by atoms with Gasteiger partial charge in [0, 0.05) is 23.6 Å². The summed E-state index contributed by atoms with van der Waals surface area (Å²) < 4.78 is 10.9. The number of thiocarbonyl (C=S) groups is 1. The quantitative estimate of drug-likeness (QED) is 0.557. The number of furan rings is 1. The molecule has 0 bridgehead atoms. The molecule has 9 heteroatoms. The Labute approximate surface area is 156 Å². The van der Waals surface area contributed by atoms with E-state index < -0.39 is 0 Å². The number of fused-ring (bicyclic) bond motifs is 1. The molecule has 1 aliphatic carbocycles. The Balaban J connectivity index is 1.97. The lowest BCUT2D eigenvalue weighted by Gasteiger charge is -2.29. The lowest BCUT2D eigenvalue weighted by Crippen LogP contribution is -2.31. The van der Waals surface area contributed by atoms with Crippen LogP contribution in [0.2, 0.25) is 0 Å². The van der Waals surface area contributed by atoms with E-state index in [0.29, 0.717) is 24.4 Å². The van der Waals surface area contributed by atoms with Crippen LogP contribution < -0.4 is 16.5 Å². The molecule has 0 unspecified atom stereocenters. The number of hydrogen-bond donors (Lipinski definition) is 3. The van der Waals surface area contributed by atoms with Gasteiger partial charge in [-0.2, -0.15) is 5.10 Å². The van der Waals surface area contributed by atoms with E-state index in [2.05, 4.69) is 34.8 Å². The van der Waals surface area contributed by atoms with Gasteiger partial charge in [-0.1, -0.05) is 19.0 Å². The zero-order valence-electron chi connectivity index (χ0n) is 15.1. The highest BCUT2D eigenvalue weighted by Gasteiger charge is 2.36. The molecule has 0 saturated carbocycles. The van der Waals surface area contributed by atoms with E-state index in [1.165, 1.54) is 0 Å². The van der Waals surface area contributed by atoms with Gasteiger partial charge in [0.1, 0.15) is 11.5 Å². The van der Waals surface area contributed by atoms with Gasteiger partial charge in [0.2, 0.25) is 0 Å². The molecule has 0 radical (unpaired) electrons. The van der Waals surface area contributed by atoms with Crippen LogP contribution in [0.5, 0.6) is 0 Å². The smallest absolute Gasteiger partial charge is 0.292 e. The van der Waals surface area contributed by atoms with Crippen molar-refractivity contribution in [1.82, 2.24) is 10.6 Å². The number of hydrogen-bond acceptors (Lipinski definition) is 6. The first kappa shape index (κ1) is 18.1. The molecule has 3 rings (SSSR count). The fourth-order valence-electron chi connectivity index (χ4n) is 3.15. The third-order valence-electron chi connectivity index (χ3n) is 4.17. The van der Waals surface area contributed by atoms with Crippen molar-refractivity contribution in [2.45, 2.75) is 40.5 Å². The van der Waals surface area contributed by atoms with Crippen molar-refractivity contribution in [3.05, 3.63) is 34.5 Å². The molecule has 2 aromatic rings. The van der Waals surface area contributed by atoms with Crippen LogP contribution in [0, 0.1) is 19.3 Å². The van der Waals surface area contributed by atoms with Crippen LogP contribution in [0.4, 0.5) is 5.82 Å². The van der Waals surface area contributed by atoms with Crippen LogP contribution in [-0.4, -0.2) is 21.9 Å². The Morgan fingerprint density at radius 1 is 1.38 bits per heavy atom. The maximum Gasteiger partial charge on any atom is 0.292 e. The van der Waals surface area contributed by atoms with Gasteiger partial charge >= 0.3 is 0 Å². The van der Waals surface area contributed by atoms with Gasteiger partial charge in [-0.25, -0.2) is 0 Å². The predicted octanol–water partition coefficient (Wildman–Crippen LogP) is 2.65. The highest BCUT2D eigenvalue weighted by Crippen LogP contribution is 2.38. The average Bonchev–Trinajstić information content (AvgIpc) is 3.07. The molecular formula is C17H21N5O3S. The second kappa shape index (κ2) is 6.56. The molecule has 1 aliphatic rings. The molecule has 4 N–H and O–H groups in total. The molecule has 0 fully saturated rings. The number of nitrogens with zero attached hydrogens (tertiary/aromatic N) is 2. The molecule has 0 aromatic carbocycles. The summed E-state index contributed by atoms with van der Waals surface area (Å²) in [5.74, 6) is 1.52. The molecule has 26 heavy (non-hydrogen) atoms. The lowest BCUT2D eigenvalue weighted by molar-refractivity contribution is 0.0992. The summed E-state index contributed by atoms with van der Waals surface area (Å²) in [6, 6.07) is 1.64. The Kier molecular flexibility index (Phi) is 4.57. The molecule has 0 atom stereocenters. The zero-order chi connectivity index (χ0) is 19.1. The third-order valence-corrected chi connectivity index (χ3v) is 4.26. The maximum atomic E-state index is 12.6. The fraction of sp³-hybridized carbons (Fsp3) is 0.412. The van der Waals surface area contributed by atoms with Crippen LogP contribution in [-0.2, 0) is 6.42 Å². The van der Waals surface area contributed by atoms with Crippen molar-refractivity contribution < 1.29 is 13.7 Å². The Morgan fingerprint density at radius 3 is 2.73 bits per heavy atom.